The number of amides is 3. The Morgan fingerprint density at radius 1 is 1.20 bits per heavy atom. The number of hydrogen-bond donors (Lipinski definition) is 3. The van der Waals surface area contributed by atoms with Crippen molar-refractivity contribution < 1.29 is 14.4 Å². The van der Waals surface area contributed by atoms with E-state index in [2.05, 4.69) is 17.2 Å². The van der Waals surface area contributed by atoms with Crippen molar-refractivity contribution >= 4 is 29.2 Å². The predicted octanol–water partition coefficient (Wildman–Crippen LogP) is 1.83. The highest BCUT2D eigenvalue weighted by atomic mass is 16.2. The lowest BCUT2D eigenvalue weighted by Gasteiger charge is -2.60. The number of likely N-dealkylation sites (tertiary alicyclic amines) is 1. The minimum absolute atomic E-state index is 0.0119. The van der Waals surface area contributed by atoms with Crippen molar-refractivity contribution in [2.45, 2.75) is 58.4 Å². The molecule has 3 fully saturated rings. The Morgan fingerprint density at radius 2 is 1.90 bits per heavy atom. The minimum Gasteiger partial charge on any atom is -0.383 e. The molecule has 8 heteroatoms. The summed E-state index contributed by atoms with van der Waals surface area (Å²) < 4.78 is 0. The number of nitrogens with two attached hydrogens (primary N) is 2. The van der Waals surface area contributed by atoms with Crippen molar-refractivity contribution in [3.05, 3.63) is 17.8 Å². The first-order valence-corrected chi connectivity index (χ1v) is 10.8. The molecule has 2 heterocycles. The van der Waals surface area contributed by atoms with Gasteiger partial charge in [0, 0.05) is 18.5 Å². The molecule has 162 valence electrons. The zero-order valence-electron chi connectivity index (χ0n) is 17.7. The van der Waals surface area contributed by atoms with Gasteiger partial charge in [-0.3, -0.25) is 14.4 Å². The number of piperidine rings is 1. The van der Waals surface area contributed by atoms with Crippen LogP contribution in [0.4, 0.5) is 11.5 Å². The van der Waals surface area contributed by atoms with E-state index in [0.717, 1.165) is 44.1 Å². The third kappa shape index (κ3) is 3.75. The van der Waals surface area contributed by atoms with Crippen LogP contribution in [0.2, 0.25) is 0 Å². The lowest BCUT2D eigenvalue weighted by molar-refractivity contribution is -0.156. The molecule has 2 unspecified atom stereocenters. The van der Waals surface area contributed by atoms with E-state index in [1.807, 2.05) is 0 Å². The maximum absolute atomic E-state index is 13.0. The first-order chi connectivity index (χ1) is 14.2. The molecule has 1 aliphatic heterocycles. The molecule has 0 radical (unpaired) electrons. The summed E-state index contributed by atoms with van der Waals surface area (Å²) in [5.41, 5.74) is 12.6. The number of anilines is 2. The Kier molecular flexibility index (Phi) is 5.20. The number of aryl methyl sites for hydroxylation is 1. The molecule has 1 aromatic heterocycles. The quantitative estimate of drug-likeness (QED) is 0.651. The van der Waals surface area contributed by atoms with E-state index in [1.165, 1.54) is 6.20 Å². The van der Waals surface area contributed by atoms with Crippen LogP contribution in [0, 0.1) is 30.1 Å². The van der Waals surface area contributed by atoms with E-state index in [1.54, 1.807) is 17.9 Å². The first kappa shape index (κ1) is 20.6. The Balaban J connectivity index is 1.40. The van der Waals surface area contributed by atoms with E-state index >= 15 is 0 Å². The van der Waals surface area contributed by atoms with Crippen LogP contribution in [0.1, 0.15) is 51.0 Å². The summed E-state index contributed by atoms with van der Waals surface area (Å²) in [7, 11) is 0. The molecule has 1 aromatic rings. The number of hydrogen-bond acceptors (Lipinski definition) is 5. The van der Waals surface area contributed by atoms with E-state index in [0.29, 0.717) is 29.9 Å². The summed E-state index contributed by atoms with van der Waals surface area (Å²) in [5.74, 6) is -0.136. The molecule has 1 saturated heterocycles. The molecular weight excluding hydrogens is 382 g/mol. The van der Waals surface area contributed by atoms with E-state index in [9.17, 15) is 14.4 Å². The summed E-state index contributed by atoms with van der Waals surface area (Å²) in [6.45, 7) is 4.52. The Morgan fingerprint density at radius 3 is 2.53 bits per heavy atom. The predicted molar refractivity (Wildman–Crippen MR) is 113 cm³/mol. The number of rotatable bonds is 3. The van der Waals surface area contributed by atoms with Crippen LogP contribution in [0.5, 0.6) is 0 Å². The highest BCUT2D eigenvalue weighted by Crippen LogP contribution is 2.62. The Labute approximate surface area is 176 Å². The Hall–Kier alpha value is -2.64. The van der Waals surface area contributed by atoms with Gasteiger partial charge in [-0.05, 0) is 74.3 Å². The van der Waals surface area contributed by atoms with E-state index < -0.39 is 11.8 Å². The van der Waals surface area contributed by atoms with Crippen molar-refractivity contribution in [1.82, 2.24) is 9.88 Å². The van der Waals surface area contributed by atoms with Crippen LogP contribution in [-0.4, -0.2) is 40.2 Å². The standard InChI is InChI=1S/C22H31N5O3/c1-12-3-4-17(14-6-22(7-14)8-15(9-22)19(24)28)27(11-12)21(30)20(29)26-16-5-13(2)18(23)25-10-16/h5,10,12,14-15,17H,3-4,6-9,11H2,1-2H3,(H2,23,25)(H2,24,28)(H,26,29). The molecule has 1 spiro atoms. The topological polar surface area (TPSA) is 131 Å². The highest BCUT2D eigenvalue weighted by Gasteiger charge is 2.57. The van der Waals surface area contributed by atoms with Gasteiger partial charge in [0.15, 0.2) is 0 Å². The zero-order valence-corrected chi connectivity index (χ0v) is 17.7. The fraction of sp³-hybridized carbons (Fsp3) is 0.636. The summed E-state index contributed by atoms with van der Waals surface area (Å²) in [4.78, 5) is 42.9. The van der Waals surface area contributed by atoms with Gasteiger partial charge in [-0.25, -0.2) is 4.98 Å². The second kappa shape index (κ2) is 7.56. The summed E-state index contributed by atoms with van der Waals surface area (Å²) in [6.07, 6.45) is 7.23. The number of carbonyl (C=O) groups excluding carboxylic acids is 3. The molecular formula is C22H31N5O3. The monoisotopic (exact) mass is 413 g/mol. The molecule has 0 bridgehead atoms. The molecule has 2 atom stereocenters. The molecule has 2 saturated carbocycles. The first-order valence-electron chi connectivity index (χ1n) is 10.8. The molecule has 2 aliphatic carbocycles. The largest absolute Gasteiger partial charge is 0.383 e. The summed E-state index contributed by atoms with van der Waals surface area (Å²) in [6, 6.07) is 1.80. The molecule has 30 heavy (non-hydrogen) atoms. The maximum Gasteiger partial charge on any atom is 0.313 e. The average Bonchev–Trinajstić information content (AvgIpc) is 2.62. The van der Waals surface area contributed by atoms with Crippen molar-refractivity contribution in [1.29, 1.82) is 0 Å². The fourth-order valence-corrected chi connectivity index (χ4v) is 5.71. The number of primary amides is 1. The second-order valence-electron chi connectivity index (χ2n) is 9.76. The molecule has 4 rings (SSSR count). The molecule has 3 amide bonds. The fourth-order valence-electron chi connectivity index (χ4n) is 5.71. The van der Waals surface area contributed by atoms with Gasteiger partial charge in [-0.2, -0.15) is 0 Å². The van der Waals surface area contributed by atoms with Crippen LogP contribution < -0.4 is 16.8 Å². The second-order valence-corrected chi connectivity index (χ2v) is 9.76. The average molecular weight is 414 g/mol. The Bertz CT molecular complexity index is 872. The van der Waals surface area contributed by atoms with Gasteiger partial charge < -0.3 is 21.7 Å². The SMILES string of the molecule is Cc1cc(NC(=O)C(=O)N2CC(C)CCC2C2CC3(CC(C(N)=O)C3)C2)cnc1N. The van der Waals surface area contributed by atoms with Crippen molar-refractivity contribution in [2.75, 3.05) is 17.6 Å². The van der Waals surface area contributed by atoms with E-state index in [4.69, 9.17) is 11.5 Å². The zero-order chi connectivity index (χ0) is 21.6. The van der Waals surface area contributed by atoms with Crippen LogP contribution in [0.3, 0.4) is 0 Å². The molecule has 5 N–H and O–H groups in total. The molecule has 0 aromatic carbocycles. The third-order valence-corrected chi connectivity index (χ3v) is 7.39. The summed E-state index contributed by atoms with van der Waals surface area (Å²) >= 11 is 0. The third-order valence-electron chi connectivity index (χ3n) is 7.39. The number of aromatic nitrogens is 1. The van der Waals surface area contributed by atoms with Gasteiger partial charge in [0.05, 0.1) is 11.9 Å². The highest BCUT2D eigenvalue weighted by molar-refractivity contribution is 6.39. The van der Waals surface area contributed by atoms with Crippen LogP contribution >= 0.6 is 0 Å². The van der Waals surface area contributed by atoms with Gasteiger partial charge in [-0.15, -0.1) is 0 Å². The van der Waals surface area contributed by atoms with Crippen LogP contribution in [0.15, 0.2) is 12.3 Å². The number of nitrogen functional groups attached to an aromatic ring is 1. The van der Waals surface area contributed by atoms with Crippen molar-refractivity contribution in [3.63, 3.8) is 0 Å². The summed E-state index contributed by atoms with van der Waals surface area (Å²) in [5, 5.41) is 2.67. The van der Waals surface area contributed by atoms with Crippen molar-refractivity contribution in [3.8, 4) is 0 Å². The van der Waals surface area contributed by atoms with Gasteiger partial charge in [0.2, 0.25) is 5.91 Å². The number of carbonyl (C=O) groups is 3. The number of pyridine rings is 1. The number of nitrogens with one attached hydrogen (secondary N) is 1. The van der Waals surface area contributed by atoms with Gasteiger partial charge >= 0.3 is 11.8 Å². The van der Waals surface area contributed by atoms with E-state index in [-0.39, 0.29) is 23.3 Å². The lowest BCUT2D eigenvalue weighted by atomic mass is 9.46. The minimum atomic E-state index is -0.633. The normalized spacial score (nSPS) is 32.8. The lowest BCUT2D eigenvalue weighted by Crippen LogP contribution is -2.60. The van der Waals surface area contributed by atoms with Gasteiger partial charge in [0.1, 0.15) is 5.82 Å². The van der Waals surface area contributed by atoms with Gasteiger partial charge in [0.25, 0.3) is 0 Å². The van der Waals surface area contributed by atoms with Crippen LogP contribution in [0.25, 0.3) is 0 Å². The number of nitrogens with zero attached hydrogens (tertiary/aromatic N) is 2. The molecule has 3 aliphatic rings. The molecule has 8 nitrogen and oxygen atoms in total. The van der Waals surface area contributed by atoms with Gasteiger partial charge in [-0.1, -0.05) is 6.92 Å². The van der Waals surface area contributed by atoms with Crippen LogP contribution in [-0.2, 0) is 14.4 Å². The smallest absolute Gasteiger partial charge is 0.313 e. The van der Waals surface area contributed by atoms with Crippen molar-refractivity contribution in [2.24, 2.45) is 28.9 Å². The maximum atomic E-state index is 13.0.